The third-order valence-corrected chi connectivity index (χ3v) is 2.95. The van der Waals surface area contributed by atoms with Crippen LogP contribution in [0.2, 0.25) is 0 Å². The molecule has 94 valence electrons. The molecule has 0 unspecified atom stereocenters. The van der Waals surface area contributed by atoms with Gasteiger partial charge in [-0.05, 0) is 31.2 Å². The van der Waals surface area contributed by atoms with Crippen LogP contribution < -0.4 is 4.90 Å². The molecular formula is C16H15N3. The average Bonchev–Trinajstić information content (AvgIpc) is 2.88. The summed E-state index contributed by atoms with van der Waals surface area (Å²) in [5.41, 5.74) is 3.24. The summed E-state index contributed by atoms with van der Waals surface area (Å²) in [5, 5.41) is 7.37. The first-order valence-electron chi connectivity index (χ1n) is 6.27. The molecule has 1 N–H and O–H groups in total. The highest BCUT2D eigenvalue weighted by molar-refractivity contribution is 5.74. The summed E-state index contributed by atoms with van der Waals surface area (Å²) in [6, 6.07) is 22.5. The van der Waals surface area contributed by atoms with Crippen LogP contribution in [0.25, 0.3) is 0 Å². The zero-order valence-corrected chi connectivity index (χ0v) is 10.7. The van der Waals surface area contributed by atoms with E-state index in [1.165, 1.54) is 0 Å². The summed E-state index contributed by atoms with van der Waals surface area (Å²) >= 11 is 0. The second-order valence-electron chi connectivity index (χ2n) is 4.42. The number of H-pyrrole nitrogens is 1. The molecule has 0 atom stereocenters. The first kappa shape index (κ1) is 11.5. The Hall–Kier alpha value is -2.55. The number of aromatic nitrogens is 2. The number of hydrogen-bond donors (Lipinski definition) is 1. The van der Waals surface area contributed by atoms with Gasteiger partial charge in [0.15, 0.2) is 5.82 Å². The van der Waals surface area contributed by atoms with E-state index in [9.17, 15) is 0 Å². The second-order valence-corrected chi connectivity index (χ2v) is 4.42. The van der Waals surface area contributed by atoms with Crippen molar-refractivity contribution in [2.45, 2.75) is 6.92 Å². The minimum atomic E-state index is 0.898. The van der Waals surface area contributed by atoms with E-state index in [1.54, 1.807) is 0 Å². The van der Waals surface area contributed by atoms with Crippen LogP contribution in [0.5, 0.6) is 0 Å². The molecule has 0 bridgehead atoms. The van der Waals surface area contributed by atoms with Crippen molar-refractivity contribution in [1.29, 1.82) is 0 Å². The number of nitrogens with one attached hydrogen (secondary N) is 1. The molecule has 3 aromatic rings. The van der Waals surface area contributed by atoms with Crippen LogP contribution in [-0.2, 0) is 0 Å². The Morgan fingerprint density at radius 1 is 0.842 bits per heavy atom. The van der Waals surface area contributed by atoms with Crippen molar-refractivity contribution in [3.63, 3.8) is 0 Å². The predicted molar refractivity (Wildman–Crippen MR) is 78.0 cm³/mol. The average molecular weight is 249 g/mol. The normalized spacial score (nSPS) is 10.4. The molecule has 2 aromatic carbocycles. The molecule has 1 aromatic heterocycles. The second kappa shape index (κ2) is 4.98. The number of aryl methyl sites for hydroxylation is 1. The number of para-hydroxylation sites is 2. The number of anilines is 3. The van der Waals surface area contributed by atoms with E-state index in [-0.39, 0.29) is 0 Å². The van der Waals surface area contributed by atoms with Gasteiger partial charge in [-0.3, -0.25) is 10.00 Å². The van der Waals surface area contributed by atoms with Gasteiger partial charge in [-0.2, -0.15) is 5.10 Å². The lowest BCUT2D eigenvalue weighted by Gasteiger charge is -2.22. The Morgan fingerprint density at radius 3 is 1.79 bits per heavy atom. The smallest absolute Gasteiger partial charge is 0.159 e. The van der Waals surface area contributed by atoms with Gasteiger partial charge in [0.05, 0.1) is 0 Å². The summed E-state index contributed by atoms with van der Waals surface area (Å²) in [4.78, 5) is 2.13. The Bertz CT molecular complexity index is 605. The van der Waals surface area contributed by atoms with E-state index >= 15 is 0 Å². The molecule has 0 amide bonds. The van der Waals surface area contributed by atoms with Gasteiger partial charge in [-0.15, -0.1) is 0 Å². The van der Waals surface area contributed by atoms with E-state index < -0.39 is 0 Å². The fraction of sp³-hybridized carbons (Fsp3) is 0.0625. The fourth-order valence-corrected chi connectivity index (χ4v) is 2.09. The molecule has 0 aliphatic carbocycles. The number of benzene rings is 2. The van der Waals surface area contributed by atoms with Gasteiger partial charge in [-0.1, -0.05) is 36.4 Å². The Morgan fingerprint density at radius 2 is 1.37 bits per heavy atom. The van der Waals surface area contributed by atoms with E-state index in [1.807, 2.05) is 49.4 Å². The summed E-state index contributed by atoms with van der Waals surface area (Å²) in [5.74, 6) is 0.898. The van der Waals surface area contributed by atoms with Crippen molar-refractivity contribution < 1.29 is 0 Å². The molecule has 0 fully saturated rings. The van der Waals surface area contributed by atoms with Crippen LogP contribution >= 0.6 is 0 Å². The lowest BCUT2D eigenvalue weighted by molar-refractivity contribution is 1.03. The lowest BCUT2D eigenvalue weighted by atomic mass is 10.2. The van der Waals surface area contributed by atoms with Crippen LogP contribution in [0.1, 0.15) is 5.69 Å². The molecule has 19 heavy (non-hydrogen) atoms. The third-order valence-electron chi connectivity index (χ3n) is 2.95. The number of aromatic amines is 1. The first-order valence-corrected chi connectivity index (χ1v) is 6.27. The monoisotopic (exact) mass is 249 g/mol. The third kappa shape index (κ3) is 2.36. The molecule has 3 rings (SSSR count). The molecule has 0 saturated heterocycles. The largest absolute Gasteiger partial charge is 0.294 e. The van der Waals surface area contributed by atoms with Gasteiger partial charge in [0.2, 0.25) is 0 Å². The molecule has 3 nitrogen and oxygen atoms in total. The van der Waals surface area contributed by atoms with Crippen molar-refractivity contribution in [3.8, 4) is 0 Å². The van der Waals surface area contributed by atoms with E-state index in [2.05, 4.69) is 39.4 Å². The zero-order chi connectivity index (χ0) is 13.1. The highest BCUT2D eigenvalue weighted by Gasteiger charge is 2.13. The maximum Gasteiger partial charge on any atom is 0.159 e. The van der Waals surface area contributed by atoms with Crippen molar-refractivity contribution >= 4 is 17.2 Å². The Balaban J connectivity index is 2.11. The molecule has 0 aliphatic heterocycles. The number of hydrogen-bond acceptors (Lipinski definition) is 2. The van der Waals surface area contributed by atoms with Crippen molar-refractivity contribution in [1.82, 2.24) is 10.2 Å². The molecular weight excluding hydrogens is 234 g/mol. The summed E-state index contributed by atoms with van der Waals surface area (Å²) < 4.78 is 0. The van der Waals surface area contributed by atoms with Crippen LogP contribution in [0.15, 0.2) is 66.7 Å². The van der Waals surface area contributed by atoms with Gasteiger partial charge < -0.3 is 0 Å². The summed E-state index contributed by atoms with van der Waals surface area (Å²) in [6.45, 7) is 2.00. The quantitative estimate of drug-likeness (QED) is 0.754. The molecule has 1 heterocycles. The molecule has 0 saturated carbocycles. The molecule has 0 aliphatic rings. The molecule has 3 heteroatoms. The van der Waals surface area contributed by atoms with E-state index in [0.29, 0.717) is 0 Å². The number of rotatable bonds is 3. The van der Waals surface area contributed by atoms with Gasteiger partial charge in [0.25, 0.3) is 0 Å². The molecule has 0 radical (unpaired) electrons. The van der Waals surface area contributed by atoms with Crippen LogP contribution in [-0.4, -0.2) is 10.2 Å². The Labute approximate surface area is 112 Å². The zero-order valence-electron chi connectivity index (χ0n) is 10.7. The van der Waals surface area contributed by atoms with Crippen molar-refractivity contribution in [2.75, 3.05) is 4.90 Å². The van der Waals surface area contributed by atoms with Crippen molar-refractivity contribution in [3.05, 3.63) is 72.4 Å². The topological polar surface area (TPSA) is 31.9 Å². The summed E-state index contributed by atoms with van der Waals surface area (Å²) in [7, 11) is 0. The minimum Gasteiger partial charge on any atom is -0.294 e. The number of nitrogens with zero attached hydrogens (tertiary/aromatic N) is 2. The first-order chi connectivity index (χ1) is 9.34. The van der Waals surface area contributed by atoms with Gasteiger partial charge in [0.1, 0.15) is 0 Å². The maximum absolute atomic E-state index is 4.37. The molecule has 0 spiro atoms. The highest BCUT2D eigenvalue weighted by atomic mass is 15.3. The van der Waals surface area contributed by atoms with Gasteiger partial charge in [0, 0.05) is 23.1 Å². The minimum absolute atomic E-state index is 0.898. The SMILES string of the molecule is Cc1cc(N(c2ccccc2)c2ccccc2)n[nH]1. The van der Waals surface area contributed by atoms with Crippen LogP contribution in [0.4, 0.5) is 17.2 Å². The van der Waals surface area contributed by atoms with E-state index in [4.69, 9.17) is 0 Å². The Kier molecular flexibility index (Phi) is 3.02. The predicted octanol–water partition coefficient (Wildman–Crippen LogP) is 4.19. The summed E-state index contributed by atoms with van der Waals surface area (Å²) in [6.07, 6.45) is 0. The fourth-order valence-electron chi connectivity index (χ4n) is 2.09. The van der Waals surface area contributed by atoms with Crippen LogP contribution in [0.3, 0.4) is 0 Å². The highest BCUT2D eigenvalue weighted by Crippen LogP contribution is 2.32. The van der Waals surface area contributed by atoms with Gasteiger partial charge in [-0.25, -0.2) is 0 Å². The maximum atomic E-state index is 4.37. The standard InChI is InChI=1S/C16H15N3/c1-13-12-16(18-17-13)19(14-8-4-2-5-9-14)15-10-6-3-7-11-15/h2-12H,1H3,(H,17,18). The van der Waals surface area contributed by atoms with E-state index in [0.717, 1.165) is 22.9 Å². The lowest BCUT2D eigenvalue weighted by Crippen LogP contribution is -2.09. The van der Waals surface area contributed by atoms with Crippen molar-refractivity contribution in [2.24, 2.45) is 0 Å². The van der Waals surface area contributed by atoms with Gasteiger partial charge >= 0.3 is 0 Å². The van der Waals surface area contributed by atoms with Crippen LogP contribution in [0, 0.1) is 6.92 Å².